The lowest BCUT2D eigenvalue weighted by atomic mass is 10.3. The van der Waals surface area contributed by atoms with E-state index in [1.807, 2.05) is 6.92 Å². The molecule has 0 saturated heterocycles. The maximum absolute atomic E-state index is 12.3. The molecule has 1 aliphatic rings. The molecule has 1 aliphatic heterocycles. The molecule has 8 nitrogen and oxygen atoms in total. The first-order chi connectivity index (χ1) is 11.4. The molecule has 0 saturated carbocycles. The number of hydrogen-bond acceptors (Lipinski definition) is 6. The second-order valence-corrected chi connectivity index (χ2v) is 6.83. The molecule has 24 heavy (non-hydrogen) atoms. The number of nitrogens with zero attached hydrogens (tertiary/aromatic N) is 1. The molecule has 1 aromatic rings. The van der Waals surface area contributed by atoms with Gasteiger partial charge in [-0.2, -0.15) is 0 Å². The number of carbonyl (C=O) groups excluding carboxylic acids is 2. The van der Waals surface area contributed by atoms with Gasteiger partial charge in [0.05, 0.1) is 18.8 Å². The van der Waals surface area contributed by atoms with Crippen molar-refractivity contribution in [3.05, 3.63) is 36.0 Å². The zero-order valence-electron chi connectivity index (χ0n) is 13.2. The van der Waals surface area contributed by atoms with Gasteiger partial charge in [0.15, 0.2) is 0 Å². The minimum Gasteiger partial charge on any atom is -0.395 e. The number of aliphatic hydroxyl groups excluding tert-OH is 1. The van der Waals surface area contributed by atoms with Gasteiger partial charge in [0, 0.05) is 12.6 Å². The summed E-state index contributed by atoms with van der Waals surface area (Å²) in [5, 5.41) is 11.6. The molecule has 1 heterocycles. The molecule has 0 unspecified atom stereocenters. The summed E-state index contributed by atoms with van der Waals surface area (Å²) in [7, 11) is -3.74. The molecular weight excluding hydrogens is 334 g/mol. The van der Waals surface area contributed by atoms with Crippen LogP contribution < -0.4 is 10.0 Å². The monoisotopic (exact) mass is 353 g/mol. The zero-order chi connectivity index (χ0) is 17.7. The van der Waals surface area contributed by atoms with Crippen LogP contribution in [0.5, 0.6) is 0 Å². The fourth-order valence-electron chi connectivity index (χ4n) is 2.17. The standard InChI is InChI=1S/C15H19N3O5S/c1-2-7-16-24(22,23)13-6-4-3-5-11(13)17-12-10-14(20)18(8-9-19)15(12)21/h3-6,10,16-17,19H,2,7-9H2,1H3. The summed E-state index contributed by atoms with van der Waals surface area (Å²) in [4.78, 5) is 24.8. The number of imide groups is 1. The first-order valence-corrected chi connectivity index (χ1v) is 8.93. The van der Waals surface area contributed by atoms with Crippen molar-refractivity contribution in [1.29, 1.82) is 0 Å². The smallest absolute Gasteiger partial charge is 0.277 e. The Balaban J connectivity index is 2.28. The number of hydrogen-bond donors (Lipinski definition) is 3. The number of β-amino-alcohol motifs (C(OH)–C–C–N with tert-alkyl or cyclic N) is 1. The number of para-hydroxylation sites is 1. The van der Waals surface area contributed by atoms with Crippen LogP contribution in [0.1, 0.15) is 13.3 Å². The highest BCUT2D eigenvalue weighted by Gasteiger charge is 2.31. The average molecular weight is 353 g/mol. The largest absolute Gasteiger partial charge is 0.395 e. The molecule has 0 spiro atoms. The average Bonchev–Trinajstić information content (AvgIpc) is 2.81. The number of sulfonamides is 1. The van der Waals surface area contributed by atoms with Crippen LogP contribution in [-0.2, 0) is 19.6 Å². The SMILES string of the molecule is CCCNS(=O)(=O)c1ccccc1NC1=CC(=O)N(CCO)C1=O. The Morgan fingerprint density at radius 3 is 2.58 bits per heavy atom. The predicted octanol–water partition coefficient (Wildman–Crippen LogP) is 0.0318. The van der Waals surface area contributed by atoms with Crippen LogP contribution in [0.25, 0.3) is 0 Å². The third-order valence-corrected chi connectivity index (χ3v) is 4.84. The molecule has 0 aliphatic carbocycles. The number of aliphatic hydroxyl groups is 1. The molecule has 3 N–H and O–H groups in total. The maximum atomic E-state index is 12.3. The van der Waals surface area contributed by atoms with E-state index in [1.54, 1.807) is 12.1 Å². The minimum absolute atomic E-state index is 0.0137. The van der Waals surface area contributed by atoms with E-state index in [1.165, 1.54) is 12.1 Å². The van der Waals surface area contributed by atoms with Gasteiger partial charge in [-0.05, 0) is 18.6 Å². The van der Waals surface area contributed by atoms with E-state index in [0.717, 1.165) is 11.0 Å². The van der Waals surface area contributed by atoms with Crippen LogP contribution in [-0.4, -0.2) is 49.9 Å². The van der Waals surface area contributed by atoms with Crippen LogP contribution in [0.15, 0.2) is 40.9 Å². The van der Waals surface area contributed by atoms with E-state index < -0.39 is 21.8 Å². The zero-order valence-corrected chi connectivity index (χ0v) is 14.0. The molecule has 1 aromatic carbocycles. The van der Waals surface area contributed by atoms with Gasteiger partial charge in [-0.15, -0.1) is 0 Å². The molecule has 0 radical (unpaired) electrons. The quantitative estimate of drug-likeness (QED) is 0.568. The van der Waals surface area contributed by atoms with Crippen LogP contribution in [0.3, 0.4) is 0 Å². The molecule has 0 fully saturated rings. The number of nitrogens with one attached hydrogen (secondary N) is 2. The molecular formula is C15H19N3O5S. The number of amides is 2. The number of benzene rings is 1. The summed E-state index contributed by atoms with van der Waals surface area (Å²) >= 11 is 0. The molecule has 0 aromatic heterocycles. The van der Waals surface area contributed by atoms with E-state index in [9.17, 15) is 18.0 Å². The van der Waals surface area contributed by atoms with Crippen molar-refractivity contribution in [1.82, 2.24) is 9.62 Å². The molecule has 130 valence electrons. The topological polar surface area (TPSA) is 116 Å². The normalized spacial score (nSPS) is 14.9. The first kappa shape index (κ1) is 18.1. The third kappa shape index (κ3) is 3.81. The Morgan fingerprint density at radius 2 is 1.92 bits per heavy atom. The summed E-state index contributed by atoms with van der Waals surface area (Å²) in [6.45, 7) is 1.68. The number of rotatable bonds is 8. The summed E-state index contributed by atoms with van der Waals surface area (Å²) < 4.78 is 27.1. The van der Waals surface area contributed by atoms with Gasteiger partial charge in [0.2, 0.25) is 10.0 Å². The van der Waals surface area contributed by atoms with Crippen molar-refractivity contribution in [2.45, 2.75) is 18.2 Å². The second kappa shape index (κ2) is 7.56. The number of carbonyl (C=O) groups is 2. The molecule has 2 rings (SSSR count). The molecule has 9 heteroatoms. The Kier molecular flexibility index (Phi) is 5.71. The van der Waals surface area contributed by atoms with Gasteiger partial charge < -0.3 is 10.4 Å². The highest BCUT2D eigenvalue weighted by Crippen LogP contribution is 2.24. The van der Waals surface area contributed by atoms with Crippen molar-refractivity contribution in [2.75, 3.05) is 25.0 Å². The Morgan fingerprint density at radius 1 is 1.21 bits per heavy atom. The predicted molar refractivity (Wildman–Crippen MR) is 87.4 cm³/mol. The summed E-state index contributed by atoms with van der Waals surface area (Å²) in [5.74, 6) is -1.16. The van der Waals surface area contributed by atoms with Crippen LogP contribution in [0.2, 0.25) is 0 Å². The van der Waals surface area contributed by atoms with E-state index in [2.05, 4.69) is 10.0 Å². The Bertz CT molecular complexity index is 773. The lowest BCUT2D eigenvalue weighted by molar-refractivity contribution is -0.137. The molecule has 2 amide bonds. The molecule has 0 atom stereocenters. The Hall–Kier alpha value is -2.23. The van der Waals surface area contributed by atoms with Crippen molar-refractivity contribution in [3.63, 3.8) is 0 Å². The minimum atomic E-state index is -3.74. The molecule has 0 bridgehead atoms. The number of anilines is 1. The first-order valence-electron chi connectivity index (χ1n) is 7.44. The van der Waals surface area contributed by atoms with Crippen molar-refractivity contribution in [2.24, 2.45) is 0 Å². The van der Waals surface area contributed by atoms with Gasteiger partial charge >= 0.3 is 0 Å². The van der Waals surface area contributed by atoms with Gasteiger partial charge in [0.1, 0.15) is 10.6 Å². The third-order valence-electron chi connectivity index (χ3n) is 3.32. The lowest BCUT2D eigenvalue weighted by Crippen LogP contribution is -2.34. The maximum Gasteiger partial charge on any atom is 0.277 e. The van der Waals surface area contributed by atoms with E-state index in [-0.39, 0.29) is 29.4 Å². The van der Waals surface area contributed by atoms with Crippen LogP contribution >= 0.6 is 0 Å². The van der Waals surface area contributed by atoms with Gasteiger partial charge in [-0.25, -0.2) is 13.1 Å². The summed E-state index contributed by atoms with van der Waals surface area (Å²) in [6, 6.07) is 6.11. The van der Waals surface area contributed by atoms with Gasteiger partial charge in [-0.1, -0.05) is 19.1 Å². The van der Waals surface area contributed by atoms with Gasteiger partial charge in [0.25, 0.3) is 11.8 Å². The van der Waals surface area contributed by atoms with Crippen molar-refractivity contribution < 1.29 is 23.1 Å². The Labute approximate surface area is 140 Å². The highest BCUT2D eigenvalue weighted by atomic mass is 32.2. The lowest BCUT2D eigenvalue weighted by Gasteiger charge is -2.15. The van der Waals surface area contributed by atoms with E-state index in [0.29, 0.717) is 13.0 Å². The highest BCUT2D eigenvalue weighted by molar-refractivity contribution is 7.89. The summed E-state index contributed by atoms with van der Waals surface area (Å²) in [5.41, 5.74) is 0.158. The second-order valence-electron chi connectivity index (χ2n) is 5.10. The van der Waals surface area contributed by atoms with E-state index >= 15 is 0 Å². The van der Waals surface area contributed by atoms with Crippen molar-refractivity contribution in [3.8, 4) is 0 Å². The van der Waals surface area contributed by atoms with Gasteiger partial charge in [-0.3, -0.25) is 14.5 Å². The summed E-state index contributed by atoms with van der Waals surface area (Å²) in [6.07, 6.45) is 1.73. The fourth-order valence-corrected chi connectivity index (χ4v) is 3.47. The van der Waals surface area contributed by atoms with E-state index in [4.69, 9.17) is 5.11 Å². The van der Waals surface area contributed by atoms with Crippen LogP contribution in [0.4, 0.5) is 5.69 Å². The van der Waals surface area contributed by atoms with Crippen molar-refractivity contribution >= 4 is 27.5 Å². The van der Waals surface area contributed by atoms with Crippen LogP contribution in [0, 0.1) is 0 Å². The fraction of sp³-hybridized carbons (Fsp3) is 0.333.